The van der Waals surface area contributed by atoms with Gasteiger partial charge in [-0.3, -0.25) is 0 Å². The summed E-state index contributed by atoms with van der Waals surface area (Å²) in [5.41, 5.74) is 0.822. The molecule has 0 fully saturated rings. The zero-order chi connectivity index (χ0) is 16.6. The lowest BCUT2D eigenvalue weighted by Crippen LogP contribution is -1.92. The Balaban J connectivity index is 2.17. The van der Waals surface area contributed by atoms with Gasteiger partial charge in [0.05, 0.1) is 17.2 Å². The van der Waals surface area contributed by atoms with Crippen LogP contribution in [0.4, 0.5) is 8.78 Å². The molecule has 0 aliphatic rings. The number of hydrogen-bond donors (Lipinski definition) is 1. The summed E-state index contributed by atoms with van der Waals surface area (Å²) >= 11 is 12.0. The summed E-state index contributed by atoms with van der Waals surface area (Å²) in [6, 6.07) is 7.79. The molecule has 0 radical (unpaired) electrons. The molecule has 1 aromatic heterocycles. The van der Waals surface area contributed by atoms with Gasteiger partial charge >= 0.3 is 0 Å². The molecule has 0 saturated carbocycles. The first-order valence-corrected chi connectivity index (χ1v) is 7.27. The molecular formula is C16H9Cl2F2NO2. The van der Waals surface area contributed by atoms with Gasteiger partial charge in [-0.1, -0.05) is 28.4 Å². The summed E-state index contributed by atoms with van der Waals surface area (Å²) in [6.07, 6.45) is 0. The van der Waals surface area contributed by atoms with Crippen molar-refractivity contribution in [2.75, 3.05) is 0 Å². The fourth-order valence-electron chi connectivity index (χ4n) is 2.23. The van der Waals surface area contributed by atoms with Crippen molar-refractivity contribution >= 4 is 23.2 Å². The second kappa shape index (κ2) is 6.28. The average molecular weight is 356 g/mol. The molecular weight excluding hydrogens is 347 g/mol. The maximum atomic E-state index is 13.9. The van der Waals surface area contributed by atoms with Crippen molar-refractivity contribution in [3.8, 4) is 22.6 Å². The van der Waals surface area contributed by atoms with Gasteiger partial charge in [0.2, 0.25) is 0 Å². The van der Waals surface area contributed by atoms with Gasteiger partial charge in [-0.25, -0.2) is 8.78 Å². The maximum absolute atomic E-state index is 13.9. The molecule has 3 nitrogen and oxygen atoms in total. The van der Waals surface area contributed by atoms with Crippen molar-refractivity contribution in [2.45, 2.75) is 6.61 Å². The van der Waals surface area contributed by atoms with Crippen LogP contribution in [0.2, 0.25) is 10.0 Å². The Hall–Kier alpha value is -1.95. The number of aliphatic hydroxyl groups excluding tert-OH is 1. The van der Waals surface area contributed by atoms with Gasteiger partial charge in [0, 0.05) is 22.2 Å². The van der Waals surface area contributed by atoms with Crippen LogP contribution in [-0.2, 0) is 6.61 Å². The van der Waals surface area contributed by atoms with E-state index in [4.69, 9.17) is 27.7 Å². The van der Waals surface area contributed by atoms with Crippen LogP contribution in [0.25, 0.3) is 22.6 Å². The van der Waals surface area contributed by atoms with Crippen molar-refractivity contribution < 1.29 is 18.4 Å². The lowest BCUT2D eigenvalue weighted by molar-refractivity contribution is 0.281. The Bertz CT molecular complexity index is 812. The third kappa shape index (κ3) is 2.95. The van der Waals surface area contributed by atoms with Crippen LogP contribution < -0.4 is 0 Å². The summed E-state index contributed by atoms with van der Waals surface area (Å²) in [5, 5.41) is 14.2. The number of halogens is 4. The topological polar surface area (TPSA) is 46.3 Å². The Kier molecular flexibility index (Phi) is 4.35. The van der Waals surface area contributed by atoms with Crippen molar-refractivity contribution in [1.82, 2.24) is 5.16 Å². The molecule has 1 heterocycles. The smallest absolute Gasteiger partial charge is 0.174 e. The largest absolute Gasteiger partial charge is 0.391 e. The number of aromatic nitrogens is 1. The monoisotopic (exact) mass is 355 g/mol. The van der Waals surface area contributed by atoms with E-state index in [1.807, 2.05) is 0 Å². The lowest BCUT2D eigenvalue weighted by atomic mass is 10.0. The Morgan fingerprint density at radius 3 is 2.43 bits per heavy atom. The van der Waals surface area contributed by atoms with Crippen molar-refractivity contribution in [3.05, 3.63) is 63.6 Å². The standard InChI is InChI=1S/C16H9Cl2F2NO2/c17-8-1-3-10(13(18)5-8)16-12(7-22)15(21-23-16)11-4-2-9(19)6-14(11)20/h1-6,22H,7H2. The summed E-state index contributed by atoms with van der Waals surface area (Å²) in [4.78, 5) is 0. The quantitative estimate of drug-likeness (QED) is 0.711. The Labute approximate surface area is 140 Å². The molecule has 0 aliphatic carbocycles. The number of rotatable bonds is 3. The van der Waals surface area contributed by atoms with E-state index in [1.165, 1.54) is 12.1 Å². The van der Waals surface area contributed by atoms with Gasteiger partial charge in [-0.2, -0.15) is 0 Å². The van der Waals surface area contributed by atoms with Crippen LogP contribution in [-0.4, -0.2) is 10.3 Å². The average Bonchev–Trinajstić information content (AvgIpc) is 2.90. The highest BCUT2D eigenvalue weighted by atomic mass is 35.5. The second-order valence-electron chi connectivity index (χ2n) is 4.75. The van der Waals surface area contributed by atoms with Gasteiger partial charge in [0.1, 0.15) is 17.3 Å². The molecule has 0 spiro atoms. The zero-order valence-corrected chi connectivity index (χ0v) is 13.0. The van der Waals surface area contributed by atoms with Gasteiger partial charge in [-0.15, -0.1) is 0 Å². The zero-order valence-electron chi connectivity index (χ0n) is 11.5. The molecule has 0 aliphatic heterocycles. The molecule has 3 aromatic rings. The second-order valence-corrected chi connectivity index (χ2v) is 5.59. The van der Waals surface area contributed by atoms with E-state index in [9.17, 15) is 13.9 Å². The maximum Gasteiger partial charge on any atom is 0.174 e. The number of benzene rings is 2. The molecule has 0 saturated heterocycles. The van der Waals surface area contributed by atoms with E-state index in [2.05, 4.69) is 5.16 Å². The number of aliphatic hydroxyl groups is 1. The Morgan fingerprint density at radius 2 is 1.78 bits per heavy atom. The van der Waals surface area contributed by atoms with E-state index in [1.54, 1.807) is 12.1 Å². The Morgan fingerprint density at radius 1 is 1.04 bits per heavy atom. The summed E-state index contributed by atoms with van der Waals surface area (Å²) in [6.45, 7) is -0.454. The highest BCUT2D eigenvalue weighted by Crippen LogP contribution is 2.37. The first-order chi connectivity index (χ1) is 11.0. The van der Waals surface area contributed by atoms with Crippen LogP contribution in [0.15, 0.2) is 40.9 Å². The van der Waals surface area contributed by atoms with Gasteiger partial charge in [-0.05, 0) is 30.3 Å². The minimum atomic E-state index is -0.804. The van der Waals surface area contributed by atoms with Crippen LogP contribution in [0.1, 0.15) is 5.56 Å². The molecule has 0 atom stereocenters. The van der Waals surface area contributed by atoms with E-state index in [0.29, 0.717) is 15.6 Å². The first-order valence-electron chi connectivity index (χ1n) is 6.51. The van der Waals surface area contributed by atoms with Crippen molar-refractivity contribution in [2.24, 2.45) is 0 Å². The minimum Gasteiger partial charge on any atom is -0.391 e. The van der Waals surface area contributed by atoms with Gasteiger partial charge in [0.15, 0.2) is 5.76 Å². The van der Waals surface area contributed by atoms with Crippen LogP contribution >= 0.6 is 23.2 Å². The molecule has 2 aromatic carbocycles. The van der Waals surface area contributed by atoms with E-state index in [0.717, 1.165) is 12.1 Å². The van der Waals surface area contributed by atoms with Crippen LogP contribution in [0.3, 0.4) is 0 Å². The molecule has 0 amide bonds. The molecule has 118 valence electrons. The number of hydrogen-bond acceptors (Lipinski definition) is 3. The van der Waals surface area contributed by atoms with Gasteiger partial charge in [0.25, 0.3) is 0 Å². The molecule has 3 rings (SSSR count). The molecule has 0 unspecified atom stereocenters. The van der Waals surface area contributed by atoms with Crippen LogP contribution in [0, 0.1) is 11.6 Å². The lowest BCUT2D eigenvalue weighted by Gasteiger charge is -2.04. The molecule has 23 heavy (non-hydrogen) atoms. The van der Waals surface area contributed by atoms with Gasteiger partial charge < -0.3 is 9.63 Å². The summed E-state index contributed by atoms with van der Waals surface area (Å²) < 4.78 is 32.2. The molecule has 1 N–H and O–H groups in total. The number of nitrogens with zero attached hydrogens (tertiary/aromatic N) is 1. The van der Waals surface area contributed by atoms with E-state index in [-0.39, 0.29) is 22.6 Å². The third-order valence-corrected chi connectivity index (χ3v) is 3.86. The first kappa shape index (κ1) is 15.9. The SMILES string of the molecule is OCc1c(-c2ccc(F)cc2F)noc1-c1ccc(Cl)cc1Cl. The van der Waals surface area contributed by atoms with E-state index >= 15 is 0 Å². The normalized spacial score (nSPS) is 11.0. The van der Waals surface area contributed by atoms with Crippen LogP contribution in [0.5, 0.6) is 0 Å². The minimum absolute atomic E-state index is 0.0236. The van der Waals surface area contributed by atoms with E-state index < -0.39 is 18.2 Å². The van der Waals surface area contributed by atoms with Crippen molar-refractivity contribution in [1.29, 1.82) is 0 Å². The highest BCUT2D eigenvalue weighted by Gasteiger charge is 2.22. The third-order valence-electron chi connectivity index (χ3n) is 3.31. The predicted octanol–water partition coefficient (Wildman–Crippen LogP) is 5.09. The predicted molar refractivity (Wildman–Crippen MR) is 83.2 cm³/mol. The summed E-state index contributed by atoms with van der Waals surface area (Å²) in [7, 11) is 0. The molecule has 0 bridgehead atoms. The summed E-state index contributed by atoms with van der Waals surface area (Å²) in [5.74, 6) is -1.31. The highest BCUT2D eigenvalue weighted by molar-refractivity contribution is 6.36. The fraction of sp³-hybridized carbons (Fsp3) is 0.0625. The van der Waals surface area contributed by atoms with Crippen molar-refractivity contribution in [3.63, 3.8) is 0 Å². The molecule has 7 heteroatoms. The fourth-order valence-corrected chi connectivity index (χ4v) is 2.73.